The zero-order valence-electron chi connectivity index (χ0n) is 16.6. The van der Waals surface area contributed by atoms with Gasteiger partial charge in [-0.2, -0.15) is 4.98 Å². The van der Waals surface area contributed by atoms with Crippen molar-refractivity contribution in [1.29, 1.82) is 0 Å². The SMILES string of the molecule is CCCSc1nc2n(n1)C(c1ccc(Br)o1)C(C(=O)OCc1ccccc1)=C(C)N2. The smallest absolute Gasteiger partial charge is 0.338 e. The van der Waals surface area contributed by atoms with E-state index in [1.807, 2.05) is 43.3 Å². The van der Waals surface area contributed by atoms with Crippen LogP contribution < -0.4 is 5.32 Å². The van der Waals surface area contributed by atoms with Crippen LogP contribution in [0.15, 0.2) is 68.0 Å². The van der Waals surface area contributed by atoms with Crippen LogP contribution >= 0.6 is 27.7 Å². The van der Waals surface area contributed by atoms with E-state index in [9.17, 15) is 4.79 Å². The number of aromatic nitrogens is 3. The molecule has 3 aromatic rings. The first-order valence-electron chi connectivity index (χ1n) is 9.60. The molecule has 2 aromatic heterocycles. The van der Waals surface area contributed by atoms with Gasteiger partial charge in [0.2, 0.25) is 11.1 Å². The lowest BCUT2D eigenvalue weighted by Crippen LogP contribution is -2.29. The number of esters is 1. The molecule has 156 valence electrons. The molecule has 0 radical (unpaired) electrons. The van der Waals surface area contributed by atoms with E-state index in [0.29, 0.717) is 32.8 Å². The molecule has 1 aliphatic heterocycles. The minimum Gasteiger partial charge on any atom is -0.457 e. The van der Waals surface area contributed by atoms with Crippen LogP contribution in [0.4, 0.5) is 5.95 Å². The first kappa shape index (κ1) is 20.7. The van der Waals surface area contributed by atoms with Crippen LogP contribution in [0.2, 0.25) is 0 Å². The number of hydrogen-bond acceptors (Lipinski definition) is 7. The Bertz CT molecular complexity index is 1080. The number of hydrogen-bond donors (Lipinski definition) is 1. The van der Waals surface area contributed by atoms with Crippen molar-refractivity contribution in [3.63, 3.8) is 0 Å². The maximum Gasteiger partial charge on any atom is 0.338 e. The first-order valence-corrected chi connectivity index (χ1v) is 11.4. The highest BCUT2D eigenvalue weighted by Crippen LogP contribution is 2.38. The van der Waals surface area contributed by atoms with Crippen molar-refractivity contribution in [2.75, 3.05) is 11.1 Å². The van der Waals surface area contributed by atoms with Crippen molar-refractivity contribution in [2.45, 2.75) is 38.1 Å². The molecule has 0 amide bonds. The molecule has 1 aliphatic rings. The van der Waals surface area contributed by atoms with Gasteiger partial charge in [-0.1, -0.05) is 49.0 Å². The topological polar surface area (TPSA) is 82.2 Å². The number of nitrogens with one attached hydrogen (secondary N) is 1. The van der Waals surface area contributed by atoms with E-state index in [4.69, 9.17) is 9.15 Å². The lowest BCUT2D eigenvalue weighted by atomic mass is 10.0. The number of fused-ring (bicyclic) bond motifs is 1. The summed E-state index contributed by atoms with van der Waals surface area (Å²) in [5.41, 5.74) is 2.03. The second kappa shape index (κ2) is 9.09. The number of carbonyl (C=O) groups excluding carboxylic acids is 1. The first-order chi connectivity index (χ1) is 14.6. The van der Waals surface area contributed by atoms with Crippen molar-refractivity contribution in [3.8, 4) is 0 Å². The summed E-state index contributed by atoms with van der Waals surface area (Å²) in [6, 6.07) is 12.6. The number of rotatable bonds is 7. The Morgan fingerprint density at radius 3 is 2.80 bits per heavy atom. The molecular formula is C21H21BrN4O3S. The van der Waals surface area contributed by atoms with E-state index in [2.05, 4.69) is 38.3 Å². The second-order valence-corrected chi connectivity index (χ2v) is 8.62. The third kappa shape index (κ3) is 4.32. The highest BCUT2D eigenvalue weighted by Gasteiger charge is 2.37. The van der Waals surface area contributed by atoms with Crippen LogP contribution in [0, 0.1) is 0 Å². The molecular weight excluding hydrogens is 468 g/mol. The zero-order chi connectivity index (χ0) is 21.1. The predicted molar refractivity (Wildman–Crippen MR) is 118 cm³/mol. The van der Waals surface area contributed by atoms with E-state index in [-0.39, 0.29) is 6.61 Å². The summed E-state index contributed by atoms with van der Waals surface area (Å²) >= 11 is 4.92. The van der Waals surface area contributed by atoms with E-state index in [0.717, 1.165) is 17.7 Å². The number of thioether (sulfide) groups is 1. The van der Waals surface area contributed by atoms with E-state index in [1.54, 1.807) is 22.5 Å². The fraction of sp³-hybridized carbons (Fsp3) is 0.286. The highest BCUT2D eigenvalue weighted by atomic mass is 79.9. The van der Waals surface area contributed by atoms with Gasteiger partial charge in [0.05, 0.1) is 5.57 Å². The van der Waals surface area contributed by atoms with Gasteiger partial charge < -0.3 is 14.5 Å². The summed E-state index contributed by atoms with van der Waals surface area (Å²) in [7, 11) is 0. The van der Waals surface area contributed by atoms with Gasteiger partial charge >= 0.3 is 5.97 Å². The molecule has 1 N–H and O–H groups in total. The monoisotopic (exact) mass is 488 g/mol. The van der Waals surface area contributed by atoms with Crippen LogP contribution in [-0.2, 0) is 16.1 Å². The van der Waals surface area contributed by atoms with Gasteiger partial charge in [-0.15, -0.1) is 5.10 Å². The molecule has 3 heterocycles. The number of furan rings is 1. The highest BCUT2D eigenvalue weighted by molar-refractivity contribution is 9.10. The summed E-state index contributed by atoms with van der Waals surface area (Å²) in [5, 5.41) is 8.48. The average Bonchev–Trinajstić information content (AvgIpc) is 3.35. The Morgan fingerprint density at radius 2 is 2.10 bits per heavy atom. The Labute approximate surface area is 187 Å². The van der Waals surface area contributed by atoms with Gasteiger partial charge in [0, 0.05) is 11.4 Å². The average molecular weight is 489 g/mol. The molecule has 1 unspecified atom stereocenters. The summed E-state index contributed by atoms with van der Waals surface area (Å²) in [6.07, 6.45) is 1.02. The number of allylic oxidation sites excluding steroid dienone is 1. The van der Waals surface area contributed by atoms with Crippen LogP contribution in [0.1, 0.15) is 37.6 Å². The molecule has 7 nitrogen and oxygen atoms in total. The molecule has 4 rings (SSSR count). The molecule has 0 saturated carbocycles. The van der Waals surface area contributed by atoms with Crippen molar-refractivity contribution >= 4 is 39.6 Å². The summed E-state index contributed by atoms with van der Waals surface area (Å²) in [4.78, 5) is 17.7. The third-order valence-corrected chi connectivity index (χ3v) is 6.03. The Morgan fingerprint density at radius 1 is 1.30 bits per heavy atom. The largest absolute Gasteiger partial charge is 0.457 e. The molecule has 0 bridgehead atoms. The summed E-state index contributed by atoms with van der Waals surface area (Å²) < 4.78 is 13.7. The normalized spacial score (nSPS) is 15.6. The summed E-state index contributed by atoms with van der Waals surface area (Å²) in [6.45, 7) is 4.13. The number of anilines is 1. The van der Waals surface area contributed by atoms with Crippen molar-refractivity contribution in [3.05, 3.63) is 69.7 Å². The van der Waals surface area contributed by atoms with E-state index >= 15 is 0 Å². The van der Waals surface area contributed by atoms with Gasteiger partial charge in [-0.05, 0) is 47.0 Å². The lowest BCUT2D eigenvalue weighted by molar-refractivity contribution is -0.140. The fourth-order valence-electron chi connectivity index (χ4n) is 3.19. The second-order valence-electron chi connectivity index (χ2n) is 6.78. The maximum absolute atomic E-state index is 13.1. The van der Waals surface area contributed by atoms with Gasteiger partial charge in [-0.3, -0.25) is 0 Å². The van der Waals surface area contributed by atoms with Crippen molar-refractivity contribution < 1.29 is 13.9 Å². The molecule has 9 heteroatoms. The Balaban J connectivity index is 1.66. The molecule has 30 heavy (non-hydrogen) atoms. The van der Waals surface area contributed by atoms with Gasteiger partial charge in [0.1, 0.15) is 18.4 Å². The summed E-state index contributed by atoms with van der Waals surface area (Å²) in [5.74, 6) is 1.64. The Kier molecular flexibility index (Phi) is 6.29. The van der Waals surface area contributed by atoms with Crippen LogP contribution in [0.3, 0.4) is 0 Å². The standard InChI is InChI=1S/C21H21BrN4O3S/c1-3-11-30-21-24-20-23-13(2)17(19(27)28-12-14-7-5-4-6-8-14)18(26(20)25-21)15-9-10-16(22)29-15/h4-10,18H,3,11-12H2,1-2H3,(H,23,24,25). The van der Waals surface area contributed by atoms with Crippen LogP contribution in [-0.4, -0.2) is 26.5 Å². The van der Waals surface area contributed by atoms with Gasteiger partial charge in [0.25, 0.3) is 0 Å². The van der Waals surface area contributed by atoms with E-state index < -0.39 is 12.0 Å². The Hall–Kier alpha value is -2.52. The number of benzene rings is 1. The van der Waals surface area contributed by atoms with Crippen LogP contribution in [0.25, 0.3) is 0 Å². The van der Waals surface area contributed by atoms with Crippen molar-refractivity contribution in [2.24, 2.45) is 0 Å². The maximum atomic E-state index is 13.1. The minimum absolute atomic E-state index is 0.187. The number of carbonyl (C=O) groups is 1. The molecule has 0 saturated heterocycles. The quantitative estimate of drug-likeness (QED) is 0.362. The van der Waals surface area contributed by atoms with Gasteiger partial charge in [0.15, 0.2) is 4.67 Å². The number of halogens is 1. The lowest BCUT2D eigenvalue weighted by Gasteiger charge is -2.26. The molecule has 0 spiro atoms. The minimum atomic E-state index is -0.570. The third-order valence-electron chi connectivity index (χ3n) is 4.56. The van der Waals surface area contributed by atoms with E-state index in [1.165, 1.54) is 0 Å². The number of nitrogens with zero attached hydrogens (tertiary/aromatic N) is 3. The van der Waals surface area contributed by atoms with Crippen molar-refractivity contribution in [1.82, 2.24) is 14.8 Å². The molecule has 0 aliphatic carbocycles. The predicted octanol–water partition coefficient (Wildman–Crippen LogP) is 5.17. The molecule has 1 atom stereocenters. The fourth-order valence-corrected chi connectivity index (χ4v) is 4.19. The van der Waals surface area contributed by atoms with Crippen LogP contribution in [0.5, 0.6) is 0 Å². The zero-order valence-corrected chi connectivity index (χ0v) is 19.0. The molecule has 1 aromatic carbocycles. The molecule has 0 fully saturated rings. The van der Waals surface area contributed by atoms with Gasteiger partial charge in [-0.25, -0.2) is 9.48 Å². The number of ether oxygens (including phenoxy) is 1.